The zero-order valence-corrected chi connectivity index (χ0v) is 14.1. The van der Waals surface area contributed by atoms with Crippen molar-refractivity contribution in [3.8, 4) is 0 Å². The number of rotatable bonds is 9. The molecule has 0 aromatic heterocycles. The van der Waals surface area contributed by atoms with Crippen molar-refractivity contribution in [2.75, 3.05) is 32.4 Å². The first kappa shape index (κ1) is 18.4. The molecule has 124 valence electrons. The SMILES string of the molecule is CCS(=O)(=O)N(C)CCCN=C(N)NCCc1ccccc1. The number of hydrogen-bond acceptors (Lipinski definition) is 3. The summed E-state index contributed by atoms with van der Waals surface area (Å²) in [5.74, 6) is 0.521. The zero-order chi connectivity index (χ0) is 16.4. The molecule has 0 heterocycles. The van der Waals surface area contributed by atoms with Crippen molar-refractivity contribution in [2.45, 2.75) is 19.8 Å². The van der Waals surface area contributed by atoms with Gasteiger partial charge in [-0.05, 0) is 25.3 Å². The first-order valence-electron chi connectivity index (χ1n) is 7.47. The molecule has 0 aliphatic carbocycles. The van der Waals surface area contributed by atoms with Crippen LogP contribution in [-0.4, -0.2) is 51.1 Å². The minimum Gasteiger partial charge on any atom is -0.370 e. The average Bonchev–Trinajstić information content (AvgIpc) is 2.52. The summed E-state index contributed by atoms with van der Waals surface area (Å²) in [6, 6.07) is 10.1. The molecule has 0 spiro atoms. The Bertz CT molecular complexity index is 558. The quantitative estimate of drug-likeness (QED) is 0.399. The first-order valence-corrected chi connectivity index (χ1v) is 9.08. The van der Waals surface area contributed by atoms with E-state index in [4.69, 9.17) is 5.73 Å². The van der Waals surface area contributed by atoms with Crippen LogP contribution in [-0.2, 0) is 16.4 Å². The van der Waals surface area contributed by atoms with Crippen LogP contribution >= 0.6 is 0 Å². The maximum atomic E-state index is 11.6. The van der Waals surface area contributed by atoms with Gasteiger partial charge in [0, 0.05) is 26.7 Å². The topological polar surface area (TPSA) is 87.8 Å². The summed E-state index contributed by atoms with van der Waals surface area (Å²) in [5.41, 5.74) is 7.02. The molecule has 6 nitrogen and oxygen atoms in total. The van der Waals surface area contributed by atoms with Crippen molar-refractivity contribution in [3.63, 3.8) is 0 Å². The van der Waals surface area contributed by atoms with Gasteiger partial charge in [-0.15, -0.1) is 0 Å². The Balaban J connectivity index is 2.21. The Labute approximate surface area is 133 Å². The fraction of sp³-hybridized carbons (Fsp3) is 0.533. The van der Waals surface area contributed by atoms with E-state index in [9.17, 15) is 8.42 Å². The molecule has 0 atom stereocenters. The zero-order valence-electron chi connectivity index (χ0n) is 13.3. The molecule has 0 bridgehead atoms. The molecule has 0 fully saturated rings. The van der Waals surface area contributed by atoms with Crippen molar-refractivity contribution >= 4 is 16.0 Å². The summed E-state index contributed by atoms with van der Waals surface area (Å²) < 4.78 is 24.5. The molecule has 0 amide bonds. The van der Waals surface area contributed by atoms with Gasteiger partial charge >= 0.3 is 0 Å². The van der Waals surface area contributed by atoms with Gasteiger partial charge in [-0.1, -0.05) is 30.3 Å². The van der Waals surface area contributed by atoms with Crippen molar-refractivity contribution in [1.29, 1.82) is 0 Å². The standard InChI is InChI=1S/C15H26N4O2S/c1-3-22(20,21)19(2)13-7-11-17-15(16)18-12-10-14-8-5-4-6-9-14/h4-6,8-9H,3,7,10-13H2,1-2H3,(H3,16,17,18). The number of benzene rings is 1. The highest BCUT2D eigenvalue weighted by molar-refractivity contribution is 7.89. The number of nitrogens with zero attached hydrogens (tertiary/aromatic N) is 2. The molecule has 0 saturated heterocycles. The Morgan fingerprint density at radius 1 is 1.32 bits per heavy atom. The van der Waals surface area contributed by atoms with Gasteiger partial charge in [0.1, 0.15) is 0 Å². The van der Waals surface area contributed by atoms with Crippen LogP contribution in [0.25, 0.3) is 0 Å². The van der Waals surface area contributed by atoms with Gasteiger partial charge in [0.25, 0.3) is 0 Å². The molecule has 7 heteroatoms. The smallest absolute Gasteiger partial charge is 0.213 e. The second-order valence-electron chi connectivity index (χ2n) is 5.00. The summed E-state index contributed by atoms with van der Waals surface area (Å²) in [5, 5.41) is 3.06. The van der Waals surface area contributed by atoms with Crippen molar-refractivity contribution in [1.82, 2.24) is 9.62 Å². The number of nitrogens with two attached hydrogens (primary N) is 1. The summed E-state index contributed by atoms with van der Waals surface area (Å²) in [6.45, 7) is 3.33. The second kappa shape index (κ2) is 9.42. The predicted molar refractivity (Wildman–Crippen MR) is 91.3 cm³/mol. The van der Waals surface area contributed by atoms with Crippen LogP contribution in [0.15, 0.2) is 35.3 Å². The molecule has 1 aromatic carbocycles. The molecule has 22 heavy (non-hydrogen) atoms. The normalized spacial score (nSPS) is 12.6. The van der Waals surface area contributed by atoms with Crippen LogP contribution in [0.4, 0.5) is 0 Å². The third-order valence-corrected chi connectivity index (χ3v) is 5.18. The molecule has 3 N–H and O–H groups in total. The van der Waals surface area contributed by atoms with E-state index in [0.29, 0.717) is 25.5 Å². The monoisotopic (exact) mass is 326 g/mol. The molecule has 0 aliphatic heterocycles. The largest absolute Gasteiger partial charge is 0.370 e. The molecular weight excluding hydrogens is 300 g/mol. The predicted octanol–water partition coefficient (Wildman–Crippen LogP) is 0.805. The lowest BCUT2D eigenvalue weighted by molar-refractivity contribution is 0.465. The summed E-state index contributed by atoms with van der Waals surface area (Å²) in [7, 11) is -1.52. The highest BCUT2D eigenvalue weighted by atomic mass is 32.2. The first-order chi connectivity index (χ1) is 10.5. The number of hydrogen-bond donors (Lipinski definition) is 2. The van der Waals surface area contributed by atoms with Crippen molar-refractivity contribution in [2.24, 2.45) is 10.7 Å². The third-order valence-electron chi connectivity index (χ3n) is 3.32. The Kier molecular flexibility index (Phi) is 7.90. The lowest BCUT2D eigenvalue weighted by Gasteiger charge is -2.15. The lowest BCUT2D eigenvalue weighted by Crippen LogP contribution is -2.33. The van der Waals surface area contributed by atoms with Gasteiger partial charge in [-0.25, -0.2) is 12.7 Å². The van der Waals surface area contributed by atoms with E-state index >= 15 is 0 Å². The molecule has 1 aromatic rings. The molecule has 0 radical (unpaired) electrons. The fourth-order valence-corrected chi connectivity index (χ4v) is 2.74. The lowest BCUT2D eigenvalue weighted by atomic mass is 10.1. The Morgan fingerprint density at radius 3 is 2.64 bits per heavy atom. The van der Waals surface area contributed by atoms with Gasteiger partial charge in [0.05, 0.1) is 5.75 Å². The number of guanidine groups is 1. The van der Waals surface area contributed by atoms with Gasteiger partial charge in [0.15, 0.2) is 5.96 Å². The van der Waals surface area contributed by atoms with E-state index in [1.807, 2.05) is 18.2 Å². The molecule has 0 unspecified atom stereocenters. The van der Waals surface area contributed by atoms with Gasteiger partial charge < -0.3 is 11.1 Å². The van der Waals surface area contributed by atoms with Crippen molar-refractivity contribution in [3.05, 3.63) is 35.9 Å². The van der Waals surface area contributed by atoms with E-state index in [-0.39, 0.29) is 5.75 Å². The molecular formula is C15H26N4O2S. The Morgan fingerprint density at radius 2 is 2.00 bits per heavy atom. The number of sulfonamides is 1. The van der Waals surface area contributed by atoms with Crippen LogP contribution in [0, 0.1) is 0 Å². The number of nitrogens with one attached hydrogen (secondary N) is 1. The molecule has 0 aliphatic rings. The minimum atomic E-state index is -3.11. The summed E-state index contributed by atoms with van der Waals surface area (Å²) >= 11 is 0. The van der Waals surface area contributed by atoms with Gasteiger partial charge in [0.2, 0.25) is 10.0 Å². The maximum Gasteiger partial charge on any atom is 0.213 e. The maximum absolute atomic E-state index is 11.6. The van der Waals surface area contributed by atoms with E-state index in [1.54, 1.807) is 14.0 Å². The summed E-state index contributed by atoms with van der Waals surface area (Å²) in [4.78, 5) is 4.20. The summed E-state index contributed by atoms with van der Waals surface area (Å²) in [6.07, 6.45) is 1.53. The van der Waals surface area contributed by atoms with Gasteiger partial charge in [-0.2, -0.15) is 0 Å². The second-order valence-corrected chi connectivity index (χ2v) is 7.37. The Hall–Kier alpha value is -1.60. The van der Waals surface area contributed by atoms with Crippen LogP contribution in [0.1, 0.15) is 18.9 Å². The molecule has 0 saturated carbocycles. The number of aliphatic imine (C=N–C) groups is 1. The van der Waals surface area contributed by atoms with E-state index < -0.39 is 10.0 Å². The van der Waals surface area contributed by atoms with Crippen LogP contribution in [0.2, 0.25) is 0 Å². The van der Waals surface area contributed by atoms with Gasteiger partial charge in [-0.3, -0.25) is 4.99 Å². The van der Waals surface area contributed by atoms with E-state index in [0.717, 1.165) is 13.0 Å². The highest BCUT2D eigenvalue weighted by Gasteiger charge is 2.13. The van der Waals surface area contributed by atoms with Crippen molar-refractivity contribution < 1.29 is 8.42 Å². The third kappa shape index (κ3) is 6.91. The van der Waals surface area contributed by atoms with Crippen LogP contribution in [0.3, 0.4) is 0 Å². The van der Waals surface area contributed by atoms with Crippen LogP contribution < -0.4 is 11.1 Å². The average molecular weight is 326 g/mol. The van der Waals surface area contributed by atoms with Crippen LogP contribution in [0.5, 0.6) is 0 Å². The van der Waals surface area contributed by atoms with E-state index in [2.05, 4.69) is 22.4 Å². The van der Waals surface area contributed by atoms with E-state index in [1.165, 1.54) is 9.87 Å². The minimum absolute atomic E-state index is 0.121. The fourth-order valence-electron chi connectivity index (χ4n) is 1.89. The highest BCUT2D eigenvalue weighted by Crippen LogP contribution is 1.99. The molecule has 1 rings (SSSR count).